The molecule has 2 aromatic heterocycles. The third kappa shape index (κ3) is 4.89. The molecule has 9 heteroatoms. The van der Waals surface area contributed by atoms with Crippen LogP contribution in [0.4, 0.5) is 5.69 Å². The monoisotopic (exact) mass is 499 g/mol. The molecule has 6 nitrogen and oxygen atoms in total. The number of anilines is 1. The van der Waals surface area contributed by atoms with E-state index in [4.69, 9.17) is 11.6 Å². The van der Waals surface area contributed by atoms with Crippen molar-refractivity contribution in [1.29, 1.82) is 0 Å². The lowest BCUT2D eigenvalue weighted by Gasteiger charge is -2.11. The fourth-order valence-electron chi connectivity index (χ4n) is 2.77. The van der Waals surface area contributed by atoms with E-state index in [0.29, 0.717) is 21.7 Å². The highest BCUT2D eigenvalue weighted by molar-refractivity contribution is 9.10. The maximum absolute atomic E-state index is 12.4. The number of nitrogens with one attached hydrogen (secondary N) is 1. The third-order valence-corrected chi connectivity index (χ3v) is 5.79. The number of carbonyl (C=O) groups excluding carboxylic acids is 1. The molecule has 0 spiro atoms. The van der Waals surface area contributed by atoms with Crippen LogP contribution in [0.15, 0.2) is 82.7 Å². The first-order valence-electron chi connectivity index (χ1n) is 8.90. The molecule has 0 fully saturated rings. The molecule has 0 aliphatic carbocycles. The Balaban J connectivity index is 1.59. The quantitative estimate of drug-likeness (QED) is 0.355. The van der Waals surface area contributed by atoms with Gasteiger partial charge in [-0.15, -0.1) is 10.2 Å². The predicted molar refractivity (Wildman–Crippen MR) is 123 cm³/mol. The lowest BCUT2D eigenvalue weighted by Crippen LogP contribution is -2.14. The van der Waals surface area contributed by atoms with Crippen LogP contribution in [0.2, 0.25) is 5.02 Å². The summed E-state index contributed by atoms with van der Waals surface area (Å²) in [4.78, 5) is 16.5. The van der Waals surface area contributed by atoms with Crippen LogP contribution < -0.4 is 5.32 Å². The summed E-state index contributed by atoms with van der Waals surface area (Å²) in [5.74, 6) is 0.702. The van der Waals surface area contributed by atoms with E-state index in [-0.39, 0.29) is 11.7 Å². The summed E-state index contributed by atoms with van der Waals surface area (Å²) in [5.41, 5.74) is 2.43. The van der Waals surface area contributed by atoms with Crippen molar-refractivity contribution in [2.45, 2.75) is 5.16 Å². The van der Waals surface area contributed by atoms with Gasteiger partial charge in [0.1, 0.15) is 0 Å². The Morgan fingerprint density at radius 2 is 1.83 bits per heavy atom. The molecule has 0 atom stereocenters. The number of benzene rings is 2. The van der Waals surface area contributed by atoms with Gasteiger partial charge in [0.05, 0.1) is 5.75 Å². The minimum atomic E-state index is -0.155. The zero-order chi connectivity index (χ0) is 20.9. The number of pyridine rings is 1. The maximum atomic E-state index is 12.4. The van der Waals surface area contributed by atoms with Gasteiger partial charge in [0.15, 0.2) is 11.0 Å². The summed E-state index contributed by atoms with van der Waals surface area (Å²) >= 11 is 10.7. The minimum absolute atomic E-state index is 0.155. The van der Waals surface area contributed by atoms with Crippen molar-refractivity contribution >= 4 is 50.9 Å². The largest absolute Gasteiger partial charge is 0.325 e. The molecule has 0 unspecified atom stereocenters. The van der Waals surface area contributed by atoms with Crippen molar-refractivity contribution in [3.63, 3.8) is 0 Å². The van der Waals surface area contributed by atoms with Crippen LogP contribution in [0.1, 0.15) is 0 Å². The van der Waals surface area contributed by atoms with Gasteiger partial charge in [0, 0.05) is 38.8 Å². The molecule has 1 N–H and O–H groups in total. The Kier molecular flexibility index (Phi) is 6.47. The molecule has 2 aromatic carbocycles. The van der Waals surface area contributed by atoms with Crippen molar-refractivity contribution in [3.8, 4) is 17.1 Å². The Morgan fingerprint density at radius 1 is 1.07 bits per heavy atom. The third-order valence-electron chi connectivity index (χ3n) is 4.10. The van der Waals surface area contributed by atoms with Gasteiger partial charge in [-0.05, 0) is 54.6 Å². The van der Waals surface area contributed by atoms with Crippen LogP contribution in [0.5, 0.6) is 0 Å². The highest BCUT2D eigenvalue weighted by Crippen LogP contribution is 2.28. The number of nitrogens with zero attached hydrogens (tertiary/aromatic N) is 4. The fourth-order valence-corrected chi connectivity index (χ4v) is 3.97. The zero-order valence-corrected chi connectivity index (χ0v) is 18.7. The Labute approximate surface area is 190 Å². The van der Waals surface area contributed by atoms with Gasteiger partial charge in [-0.2, -0.15) is 0 Å². The molecule has 0 saturated carbocycles. The summed E-state index contributed by atoms with van der Waals surface area (Å²) in [7, 11) is 0. The molecule has 2 heterocycles. The topological polar surface area (TPSA) is 72.7 Å². The van der Waals surface area contributed by atoms with Gasteiger partial charge >= 0.3 is 0 Å². The van der Waals surface area contributed by atoms with Crippen molar-refractivity contribution in [3.05, 3.63) is 82.6 Å². The van der Waals surface area contributed by atoms with Gasteiger partial charge in [-0.1, -0.05) is 45.4 Å². The Hall–Kier alpha value is -2.68. The van der Waals surface area contributed by atoms with Gasteiger partial charge in [-0.25, -0.2) is 0 Å². The summed E-state index contributed by atoms with van der Waals surface area (Å²) in [5, 5.41) is 12.7. The second kappa shape index (κ2) is 9.42. The standard InChI is InChI=1S/C21H15BrClN5OS/c22-15-4-6-18(7-5-15)28-20(14-8-10-24-11-9-14)26-27-21(28)30-13-19(29)25-17-3-1-2-16(23)12-17/h1-12H,13H2,(H,25,29). The van der Waals surface area contributed by atoms with Gasteiger partial charge in [0.25, 0.3) is 0 Å². The summed E-state index contributed by atoms with van der Waals surface area (Å²) in [6.07, 6.45) is 3.42. The lowest BCUT2D eigenvalue weighted by molar-refractivity contribution is -0.113. The molecular weight excluding hydrogens is 486 g/mol. The predicted octanol–water partition coefficient (Wildman–Crippen LogP) is 5.48. The molecular formula is C21H15BrClN5OS. The highest BCUT2D eigenvalue weighted by Gasteiger charge is 2.17. The smallest absolute Gasteiger partial charge is 0.234 e. The molecule has 30 heavy (non-hydrogen) atoms. The molecule has 4 aromatic rings. The number of aromatic nitrogens is 4. The minimum Gasteiger partial charge on any atom is -0.325 e. The number of amides is 1. The van der Waals surface area contributed by atoms with E-state index < -0.39 is 0 Å². The SMILES string of the molecule is O=C(CSc1nnc(-c2ccncc2)n1-c1ccc(Br)cc1)Nc1cccc(Cl)c1. The molecule has 0 aliphatic heterocycles. The van der Waals surface area contributed by atoms with E-state index in [2.05, 4.69) is 36.4 Å². The second-order valence-corrected chi connectivity index (χ2v) is 8.50. The summed E-state index contributed by atoms with van der Waals surface area (Å²) in [6, 6.07) is 18.6. The Morgan fingerprint density at radius 3 is 2.57 bits per heavy atom. The van der Waals surface area contributed by atoms with Crippen LogP contribution in [-0.4, -0.2) is 31.4 Å². The van der Waals surface area contributed by atoms with E-state index in [0.717, 1.165) is 15.7 Å². The Bertz CT molecular complexity index is 1170. The van der Waals surface area contributed by atoms with Crippen molar-refractivity contribution < 1.29 is 4.79 Å². The van der Waals surface area contributed by atoms with Crippen molar-refractivity contribution in [2.24, 2.45) is 0 Å². The second-order valence-electron chi connectivity index (χ2n) is 6.20. The van der Waals surface area contributed by atoms with Crippen LogP contribution in [0, 0.1) is 0 Å². The molecule has 1 amide bonds. The molecule has 0 radical (unpaired) electrons. The molecule has 150 valence electrons. The molecule has 0 aliphatic rings. The number of carbonyl (C=O) groups is 1. The van der Waals surface area contributed by atoms with Crippen LogP contribution in [0.3, 0.4) is 0 Å². The van der Waals surface area contributed by atoms with Gasteiger partial charge in [-0.3, -0.25) is 14.3 Å². The molecule has 4 rings (SSSR count). The summed E-state index contributed by atoms with van der Waals surface area (Å²) in [6.45, 7) is 0. The molecule has 0 saturated heterocycles. The first kappa shape index (κ1) is 20.6. The highest BCUT2D eigenvalue weighted by atomic mass is 79.9. The van der Waals surface area contributed by atoms with E-state index in [1.165, 1.54) is 11.8 Å². The van der Waals surface area contributed by atoms with E-state index >= 15 is 0 Å². The molecule has 0 bridgehead atoms. The first-order chi connectivity index (χ1) is 14.6. The summed E-state index contributed by atoms with van der Waals surface area (Å²) < 4.78 is 2.90. The number of hydrogen-bond donors (Lipinski definition) is 1. The number of hydrogen-bond acceptors (Lipinski definition) is 5. The van der Waals surface area contributed by atoms with Crippen LogP contribution in [-0.2, 0) is 4.79 Å². The van der Waals surface area contributed by atoms with Crippen LogP contribution >= 0.6 is 39.3 Å². The zero-order valence-electron chi connectivity index (χ0n) is 15.5. The van der Waals surface area contributed by atoms with E-state index in [1.54, 1.807) is 36.7 Å². The number of thioether (sulfide) groups is 1. The van der Waals surface area contributed by atoms with Crippen molar-refractivity contribution in [1.82, 2.24) is 19.7 Å². The first-order valence-corrected chi connectivity index (χ1v) is 11.1. The number of rotatable bonds is 6. The fraction of sp³-hybridized carbons (Fsp3) is 0.0476. The maximum Gasteiger partial charge on any atom is 0.234 e. The van der Waals surface area contributed by atoms with E-state index in [9.17, 15) is 4.79 Å². The average molecular weight is 501 g/mol. The van der Waals surface area contributed by atoms with E-state index in [1.807, 2.05) is 41.0 Å². The number of halogens is 2. The normalized spacial score (nSPS) is 10.7. The van der Waals surface area contributed by atoms with Crippen molar-refractivity contribution in [2.75, 3.05) is 11.1 Å². The van der Waals surface area contributed by atoms with Gasteiger partial charge in [0.2, 0.25) is 5.91 Å². The average Bonchev–Trinajstić information content (AvgIpc) is 3.17. The van der Waals surface area contributed by atoms with Gasteiger partial charge < -0.3 is 5.32 Å². The lowest BCUT2D eigenvalue weighted by atomic mass is 10.2. The van der Waals surface area contributed by atoms with Crippen LogP contribution in [0.25, 0.3) is 17.1 Å².